The number of pyridine rings is 1. The highest BCUT2D eigenvalue weighted by molar-refractivity contribution is 5.94. The van der Waals surface area contributed by atoms with Crippen molar-refractivity contribution < 1.29 is 0 Å². The van der Waals surface area contributed by atoms with Crippen LogP contribution in [0.5, 0.6) is 0 Å². The molecular weight excluding hydrogens is 316 g/mol. The Morgan fingerprint density at radius 1 is 0.958 bits per heavy atom. The number of aromatic nitrogens is 1. The molecule has 0 radical (unpaired) electrons. The van der Waals surface area contributed by atoms with Crippen LogP contribution in [-0.2, 0) is 0 Å². The fraction of sp³-hybridized carbons (Fsp3) is 0.286. The summed E-state index contributed by atoms with van der Waals surface area (Å²) in [5.74, 6) is 0. The van der Waals surface area contributed by atoms with Crippen molar-refractivity contribution >= 4 is 29.0 Å². The maximum absolute atomic E-state index is 4.90. The van der Waals surface area contributed by atoms with Gasteiger partial charge in [0, 0.05) is 29.2 Å². The monoisotopic (exact) mass is 338 g/mol. The lowest BCUT2D eigenvalue weighted by Gasteiger charge is -2.36. The first-order valence-electron chi connectivity index (χ1n) is 8.55. The zero-order chi connectivity index (χ0) is 15.6. The van der Waals surface area contributed by atoms with Crippen molar-refractivity contribution in [1.29, 1.82) is 0 Å². The molecule has 1 fully saturated rings. The number of fused-ring (bicyclic) bond motifs is 1. The van der Waals surface area contributed by atoms with E-state index in [1.165, 1.54) is 35.9 Å². The Kier molecular flexibility index (Phi) is 5.06. The molecule has 1 unspecified atom stereocenters. The van der Waals surface area contributed by atoms with Gasteiger partial charge in [-0.05, 0) is 38.3 Å². The lowest BCUT2D eigenvalue weighted by molar-refractivity contribution is 0.486. The molecule has 2 nitrogen and oxygen atoms in total. The largest absolute Gasteiger partial charge is 0.368 e. The van der Waals surface area contributed by atoms with Crippen LogP contribution >= 0.6 is 12.4 Å². The number of nitrogens with zero attached hydrogens (tertiary/aromatic N) is 2. The minimum atomic E-state index is 0. The van der Waals surface area contributed by atoms with E-state index >= 15 is 0 Å². The summed E-state index contributed by atoms with van der Waals surface area (Å²) in [6.45, 7) is 3.49. The van der Waals surface area contributed by atoms with E-state index in [0.29, 0.717) is 6.04 Å². The Morgan fingerprint density at radius 2 is 1.71 bits per heavy atom. The van der Waals surface area contributed by atoms with Crippen molar-refractivity contribution in [3.63, 3.8) is 0 Å². The summed E-state index contributed by atoms with van der Waals surface area (Å²) >= 11 is 0. The van der Waals surface area contributed by atoms with Gasteiger partial charge >= 0.3 is 0 Å². The topological polar surface area (TPSA) is 16.1 Å². The molecule has 0 N–H and O–H groups in total. The van der Waals surface area contributed by atoms with Crippen LogP contribution in [0.3, 0.4) is 0 Å². The second-order valence-electron chi connectivity index (χ2n) is 6.45. The van der Waals surface area contributed by atoms with E-state index in [1.54, 1.807) is 0 Å². The summed E-state index contributed by atoms with van der Waals surface area (Å²) < 4.78 is 0. The molecule has 3 heteroatoms. The molecule has 1 aromatic heterocycles. The van der Waals surface area contributed by atoms with Crippen LogP contribution in [0.15, 0.2) is 60.7 Å². The molecule has 0 aliphatic carbocycles. The van der Waals surface area contributed by atoms with Gasteiger partial charge in [0.25, 0.3) is 0 Å². The van der Waals surface area contributed by atoms with Gasteiger partial charge in [0.15, 0.2) is 0 Å². The average Bonchev–Trinajstić information content (AvgIpc) is 2.62. The molecule has 24 heavy (non-hydrogen) atoms. The average molecular weight is 339 g/mol. The first kappa shape index (κ1) is 16.8. The van der Waals surface area contributed by atoms with E-state index in [1.807, 2.05) is 0 Å². The van der Waals surface area contributed by atoms with Crippen LogP contribution in [0.2, 0.25) is 0 Å². The second-order valence-corrected chi connectivity index (χ2v) is 6.45. The Morgan fingerprint density at radius 3 is 2.50 bits per heavy atom. The maximum Gasteiger partial charge on any atom is 0.0730 e. The lowest BCUT2D eigenvalue weighted by Crippen LogP contribution is -2.37. The van der Waals surface area contributed by atoms with Gasteiger partial charge in [-0.15, -0.1) is 12.4 Å². The van der Waals surface area contributed by atoms with Crippen molar-refractivity contribution in [2.45, 2.75) is 32.2 Å². The van der Waals surface area contributed by atoms with Gasteiger partial charge < -0.3 is 4.90 Å². The highest BCUT2D eigenvalue weighted by Crippen LogP contribution is 2.34. The third-order valence-corrected chi connectivity index (χ3v) is 4.88. The van der Waals surface area contributed by atoms with Gasteiger partial charge in [0.05, 0.1) is 11.2 Å². The SMILES string of the molecule is CC1CCCCN1c1cc(-c2ccccc2)nc2ccccc12.Cl. The van der Waals surface area contributed by atoms with Gasteiger partial charge in [0.2, 0.25) is 0 Å². The van der Waals surface area contributed by atoms with Crippen molar-refractivity contribution in [3.05, 3.63) is 60.7 Å². The van der Waals surface area contributed by atoms with Gasteiger partial charge in [0.1, 0.15) is 0 Å². The summed E-state index contributed by atoms with van der Waals surface area (Å²) in [6.07, 6.45) is 3.89. The Hall–Kier alpha value is -2.06. The summed E-state index contributed by atoms with van der Waals surface area (Å²) in [5, 5.41) is 1.26. The molecule has 0 spiro atoms. The number of anilines is 1. The molecule has 4 rings (SSSR count). The Balaban J connectivity index is 0.00000169. The number of piperidine rings is 1. The first-order chi connectivity index (χ1) is 11.3. The van der Waals surface area contributed by atoms with E-state index in [4.69, 9.17) is 4.98 Å². The Labute approximate surface area is 149 Å². The van der Waals surface area contributed by atoms with Crippen molar-refractivity contribution in [1.82, 2.24) is 4.98 Å². The molecule has 1 aliphatic rings. The van der Waals surface area contributed by atoms with E-state index in [0.717, 1.165) is 17.8 Å². The fourth-order valence-electron chi connectivity index (χ4n) is 3.61. The minimum Gasteiger partial charge on any atom is -0.368 e. The van der Waals surface area contributed by atoms with Crippen LogP contribution in [-0.4, -0.2) is 17.6 Å². The molecule has 0 saturated carbocycles. The zero-order valence-electron chi connectivity index (χ0n) is 14.0. The third kappa shape index (κ3) is 3.11. The quantitative estimate of drug-likeness (QED) is 0.595. The van der Waals surface area contributed by atoms with Gasteiger partial charge in [-0.1, -0.05) is 48.5 Å². The predicted octanol–water partition coefficient (Wildman–Crippen LogP) is 5.70. The minimum absolute atomic E-state index is 0. The predicted molar refractivity (Wildman–Crippen MR) is 105 cm³/mol. The lowest BCUT2D eigenvalue weighted by atomic mass is 10.0. The molecule has 2 aromatic carbocycles. The van der Waals surface area contributed by atoms with Crippen molar-refractivity contribution in [2.24, 2.45) is 0 Å². The molecule has 0 amide bonds. The summed E-state index contributed by atoms with van der Waals surface area (Å²) in [4.78, 5) is 7.47. The standard InChI is InChI=1S/C21H22N2.ClH/c1-16-9-7-8-14-23(16)21-15-20(17-10-3-2-4-11-17)22-19-13-6-5-12-18(19)21;/h2-6,10-13,15-16H,7-9,14H2,1H3;1H. The number of hydrogen-bond acceptors (Lipinski definition) is 2. The fourth-order valence-corrected chi connectivity index (χ4v) is 3.61. The molecular formula is C21H23ClN2. The van der Waals surface area contributed by atoms with E-state index in [2.05, 4.69) is 72.5 Å². The van der Waals surface area contributed by atoms with Crippen molar-refractivity contribution in [3.8, 4) is 11.3 Å². The van der Waals surface area contributed by atoms with Crippen LogP contribution in [0.4, 0.5) is 5.69 Å². The highest BCUT2D eigenvalue weighted by atomic mass is 35.5. The van der Waals surface area contributed by atoms with E-state index in [9.17, 15) is 0 Å². The normalized spacial score (nSPS) is 17.5. The summed E-state index contributed by atoms with van der Waals surface area (Å²) in [5.41, 5.74) is 4.67. The van der Waals surface area contributed by atoms with E-state index in [-0.39, 0.29) is 12.4 Å². The molecule has 1 saturated heterocycles. The van der Waals surface area contributed by atoms with Crippen LogP contribution in [0, 0.1) is 0 Å². The molecule has 2 heterocycles. The van der Waals surface area contributed by atoms with E-state index < -0.39 is 0 Å². The number of rotatable bonds is 2. The third-order valence-electron chi connectivity index (χ3n) is 4.88. The number of halogens is 1. The van der Waals surface area contributed by atoms with Gasteiger partial charge in [-0.2, -0.15) is 0 Å². The molecule has 1 atom stereocenters. The number of benzene rings is 2. The number of hydrogen-bond donors (Lipinski definition) is 0. The Bertz CT molecular complexity index is 816. The maximum atomic E-state index is 4.90. The van der Waals surface area contributed by atoms with Crippen LogP contribution in [0.1, 0.15) is 26.2 Å². The number of para-hydroxylation sites is 1. The van der Waals surface area contributed by atoms with Crippen LogP contribution < -0.4 is 4.90 Å². The second kappa shape index (κ2) is 7.23. The highest BCUT2D eigenvalue weighted by Gasteiger charge is 2.21. The molecule has 3 aromatic rings. The van der Waals surface area contributed by atoms with Gasteiger partial charge in [-0.25, -0.2) is 4.98 Å². The molecule has 124 valence electrons. The summed E-state index contributed by atoms with van der Waals surface area (Å²) in [7, 11) is 0. The smallest absolute Gasteiger partial charge is 0.0730 e. The van der Waals surface area contributed by atoms with Gasteiger partial charge in [-0.3, -0.25) is 0 Å². The van der Waals surface area contributed by atoms with Crippen molar-refractivity contribution in [2.75, 3.05) is 11.4 Å². The molecule has 0 bridgehead atoms. The van der Waals surface area contributed by atoms with Crippen LogP contribution in [0.25, 0.3) is 22.2 Å². The summed E-state index contributed by atoms with van der Waals surface area (Å²) in [6, 6.07) is 21.9. The first-order valence-corrected chi connectivity index (χ1v) is 8.55. The zero-order valence-corrected chi connectivity index (χ0v) is 14.8. The molecule has 1 aliphatic heterocycles.